The van der Waals surface area contributed by atoms with Crippen molar-refractivity contribution in [3.05, 3.63) is 76.3 Å². The number of hydrogen-bond donors (Lipinski definition) is 0. The van der Waals surface area contributed by atoms with E-state index >= 15 is 0 Å². The van der Waals surface area contributed by atoms with Gasteiger partial charge in [0.1, 0.15) is 6.04 Å². The lowest BCUT2D eigenvalue weighted by molar-refractivity contribution is -0.169. The minimum Gasteiger partial charge on any atom is -0.348 e. The lowest BCUT2D eigenvalue weighted by Crippen LogP contribution is -2.59. The molecular weight excluding hydrogens is 330 g/mol. The second-order valence-corrected chi connectivity index (χ2v) is 6.42. The molecule has 6 nitrogen and oxygen atoms in total. The number of ether oxygens (including phenoxy) is 1. The van der Waals surface area contributed by atoms with E-state index in [2.05, 4.69) is 0 Å². The van der Waals surface area contributed by atoms with E-state index in [1.165, 1.54) is 16.6 Å². The number of likely N-dealkylation sites (N-methyl/N-ethyl adjacent to an activating group) is 1. The summed E-state index contributed by atoms with van der Waals surface area (Å²) in [4.78, 5) is 32.4. The Bertz CT molecular complexity index is 1060. The quantitative estimate of drug-likeness (QED) is 0.712. The maximum Gasteiger partial charge on any atom is 0.262 e. The minimum absolute atomic E-state index is 0.206. The molecule has 26 heavy (non-hydrogen) atoms. The molecule has 0 saturated heterocycles. The van der Waals surface area contributed by atoms with Gasteiger partial charge in [0.05, 0.1) is 10.9 Å². The molecule has 132 valence electrons. The van der Waals surface area contributed by atoms with Crippen LogP contribution in [0.4, 0.5) is 0 Å². The zero-order valence-corrected chi connectivity index (χ0v) is 14.8. The summed E-state index contributed by atoms with van der Waals surface area (Å²) in [5, 5.41) is 0.485. The maximum atomic E-state index is 13.2. The Balaban J connectivity index is 2.17. The summed E-state index contributed by atoms with van der Waals surface area (Å²) < 4.78 is 7.37. The van der Waals surface area contributed by atoms with Crippen LogP contribution >= 0.6 is 0 Å². The van der Waals surface area contributed by atoms with E-state index in [9.17, 15) is 9.59 Å². The summed E-state index contributed by atoms with van der Waals surface area (Å²) in [6.07, 6.45) is 0. The molecule has 0 unspecified atom stereocenters. The predicted molar refractivity (Wildman–Crippen MR) is 97.7 cm³/mol. The van der Waals surface area contributed by atoms with E-state index in [1.807, 2.05) is 36.4 Å². The zero-order valence-electron chi connectivity index (χ0n) is 14.8. The molecule has 0 spiro atoms. The third kappa shape index (κ3) is 1.99. The highest BCUT2D eigenvalue weighted by molar-refractivity contribution is 5.84. The monoisotopic (exact) mass is 349 g/mol. The van der Waals surface area contributed by atoms with Crippen LogP contribution in [0, 0.1) is 0 Å². The standard InChI is InChI=1S/C20H19N3O3/c1-13-17(24)22(2)20(26-3,14-9-5-4-6-10-14)19-21-16-12-8-7-11-15(16)18(25)23(13)19/h4-13H,1-3H3/t13-,20+/m0/s1. The number of fused-ring (bicyclic) bond motifs is 2. The molecule has 1 aliphatic heterocycles. The summed E-state index contributed by atoms with van der Waals surface area (Å²) in [6, 6.07) is 15.9. The first-order valence-corrected chi connectivity index (χ1v) is 8.42. The summed E-state index contributed by atoms with van der Waals surface area (Å²) in [7, 11) is 3.21. The molecule has 2 heterocycles. The van der Waals surface area contributed by atoms with Gasteiger partial charge in [-0.15, -0.1) is 0 Å². The van der Waals surface area contributed by atoms with Crippen molar-refractivity contribution in [2.24, 2.45) is 0 Å². The number of methoxy groups -OCH3 is 1. The highest BCUT2D eigenvalue weighted by Crippen LogP contribution is 2.40. The van der Waals surface area contributed by atoms with Gasteiger partial charge >= 0.3 is 0 Å². The first-order chi connectivity index (χ1) is 12.5. The molecule has 0 aliphatic carbocycles. The molecule has 1 amide bonds. The topological polar surface area (TPSA) is 64.4 Å². The second kappa shape index (κ2) is 5.78. The molecule has 0 N–H and O–H groups in total. The molecule has 1 aliphatic rings. The summed E-state index contributed by atoms with van der Waals surface area (Å²) >= 11 is 0. The highest BCUT2D eigenvalue weighted by atomic mass is 16.5. The first kappa shape index (κ1) is 16.5. The molecule has 3 aromatic rings. The van der Waals surface area contributed by atoms with Crippen molar-refractivity contribution in [1.29, 1.82) is 0 Å². The fourth-order valence-corrected chi connectivity index (χ4v) is 3.77. The fraction of sp³-hybridized carbons (Fsp3) is 0.250. The van der Waals surface area contributed by atoms with Gasteiger partial charge in [-0.2, -0.15) is 0 Å². The van der Waals surface area contributed by atoms with E-state index < -0.39 is 11.8 Å². The number of amides is 1. The number of rotatable bonds is 2. The second-order valence-electron chi connectivity index (χ2n) is 6.42. The van der Waals surface area contributed by atoms with E-state index in [0.29, 0.717) is 16.7 Å². The fourth-order valence-electron chi connectivity index (χ4n) is 3.77. The van der Waals surface area contributed by atoms with Gasteiger partial charge in [0.25, 0.3) is 5.56 Å². The Kier molecular flexibility index (Phi) is 3.66. The Morgan fingerprint density at radius 1 is 1.04 bits per heavy atom. The highest BCUT2D eigenvalue weighted by Gasteiger charge is 2.51. The molecule has 0 saturated carbocycles. The van der Waals surface area contributed by atoms with Crippen LogP contribution < -0.4 is 5.56 Å². The average molecular weight is 349 g/mol. The molecule has 0 radical (unpaired) electrons. The normalized spacial score (nSPS) is 22.5. The van der Waals surface area contributed by atoms with Crippen LogP contribution in [0.3, 0.4) is 0 Å². The van der Waals surface area contributed by atoms with Gasteiger partial charge in [0, 0.05) is 19.7 Å². The van der Waals surface area contributed by atoms with Crippen molar-refractivity contribution in [2.45, 2.75) is 18.7 Å². The molecule has 0 bridgehead atoms. The van der Waals surface area contributed by atoms with Crippen molar-refractivity contribution < 1.29 is 9.53 Å². The van der Waals surface area contributed by atoms with Crippen molar-refractivity contribution in [2.75, 3.05) is 14.2 Å². The van der Waals surface area contributed by atoms with Gasteiger partial charge in [0.15, 0.2) is 5.82 Å². The van der Waals surface area contributed by atoms with Gasteiger partial charge in [-0.1, -0.05) is 42.5 Å². The van der Waals surface area contributed by atoms with Gasteiger partial charge in [-0.25, -0.2) is 4.98 Å². The average Bonchev–Trinajstić information content (AvgIpc) is 2.68. The lowest BCUT2D eigenvalue weighted by atomic mass is 9.95. The van der Waals surface area contributed by atoms with Crippen LogP contribution in [0.25, 0.3) is 10.9 Å². The van der Waals surface area contributed by atoms with Crippen LogP contribution in [0.1, 0.15) is 24.4 Å². The Morgan fingerprint density at radius 3 is 2.38 bits per heavy atom. The van der Waals surface area contributed by atoms with Crippen LogP contribution in [0.15, 0.2) is 59.4 Å². The van der Waals surface area contributed by atoms with Crippen molar-refractivity contribution >= 4 is 16.8 Å². The van der Waals surface area contributed by atoms with Gasteiger partial charge in [-0.05, 0) is 19.1 Å². The number of hydrogen-bond acceptors (Lipinski definition) is 4. The number of aromatic nitrogens is 2. The molecule has 2 aromatic carbocycles. The van der Waals surface area contributed by atoms with E-state index in [1.54, 1.807) is 32.2 Å². The third-order valence-electron chi connectivity index (χ3n) is 5.12. The number of nitrogens with zero attached hydrogens (tertiary/aromatic N) is 3. The van der Waals surface area contributed by atoms with Crippen molar-refractivity contribution in [3.63, 3.8) is 0 Å². The van der Waals surface area contributed by atoms with Crippen LogP contribution in [0.5, 0.6) is 0 Å². The lowest BCUT2D eigenvalue weighted by Gasteiger charge is -2.46. The number of carbonyl (C=O) groups is 1. The smallest absolute Gasteiger partial charge is 0.262 e. The summed E-state index contributed by atoms with van der Waals surface area (Å²) in [5.74, 6) is 0.201. The number of carbonyl (C=O) groups excluding carboxylic acids is 1. The summed E-state index contributed by atoms with van der Waals surface area (Å²) in [5.41, 5.74) is -0.192. The predicted octanol–water partition coefficient (Wildman–Crippen LogP) is 2.28. The third-order valence-corrected chi connectivity index (χ3v) is 5.12. The number of para-hydroxylation sites is 1. The molecular formula is C20H19N3O3. The molecule has 0 fully saturated rings. The maximum absolute atomic E-state index is 13.2. The first-order valence-electron chi connectivity index (χ1n) is 8.42. The van der Waals surface area contributed by atoms with Crippen LogP contribution in [-0.2, 0) is 15.3 Å². The molecule has 1 aromatic heterocycles. The van der Waals surface area contributed by atoms with E-state index in [-0.39, 0.29) is 11.5 Å². The number of benzene rings is 2. The van der Waals surface area contributed by atoms with E-state index in [4.69, 9.17) is 9.72 Å². The largest absolute Gasteiger partial charge is 0.348 e. The molecule has 4 rings (SSSR count). The van der Waals surface area contributed by atoms with Crippen molar-refractivity contribution in [3.8, 4) is 0 Å². The van der Waals surface area contributed by atoms with Gasteiger partial charge in [0.2, 0.25) is 11.6 Å². The minimum atomic E-state index is -1.27. The van der Waals surface area contributed by atoms with Gasteiger partial charge < -0.3 is 9.64 Å². The Morgan fingerprint density at radius 2 is 1.69 bits per heavy atom. The van der Waals surface area contributed by atoms with Gasteiger partial charge in [-0.3, -0.25) is 14.2 Å². The molecule has 2 atom stereocenters. The van der Waals surface area contributed by atoms with Crippen LogP contribution in [-0.4, -0.2) is 34.5 Å². The van der Waals surface area contributed by atoms with Crippen LogP contribution in [0.2, 0.25) is 0 Å². The molecule has 6 heteroatoms. The van der Waals surface area contributed by atoms with E-state index in [0.717, 1.165) is 5.56 Å². The Hall–Kier alpha value is -2.99. The summed E-state index contributed by atoms with van der Waals surface area (Å²) in [6.45, 7) is 1.71. The zero-order chi connectivity index (χ0) is 18.5. The Labute approximate surface area is 150 Å². The van der Waals surface area contributed by atoms with Crippen molar-refractivity contribution in [1.82, 2.24) is 14.5 Å². The SMILES string of the molecule is CO[C@]1(c2ccccc2)c2nc3ccccc3c(=O)n2[C@@H](C)C(=O)N1C.